The van der Waals surface area contributed by atoms with Gasteiger partial charge in [0.25, 0.3) is 0 Å². The molecule has 0 N–H and O–H groups in total. The Bertz CT molecular complexity index is 9780. The number of hydrogen-bond donors (Lipinski definition) is 0. The zero-order valence-corrected chi connectivity index (χ0v) is 71.8. The molecule has 0 atom stereocenters. The van der Waals surface area contributed by atoms with E-state index in [1.54, 1.807) is 0 Å². The van der Waals surface area contributed by atoms with Gasteiger partial charge in [-0.25, -0.2) is 29.9 Å². The first-order valence-electron chi connectivity index (χ1n) is 45.3. The Morgan fingerprint density at radius 2 is 0.436 bits per heavy atom. The van der Waals surface area contributed by atoms with Gasteiger partial charge in [0.1, 0.15) is 34.4 Å². The SMILES string of the molecule is c1cc2ccc3ccc(-c4ccc(-c5nc6ccccc6c6nc7ccccc7n56)cc4)c4ccc(c1)c2c34.c1ccc2c(c1)cc(-c1ccc3cc(-c4nc5ccccc5c5nc6ccccc6n45)ccc3c1)c1ccccc12.c1ccc2cc(-c3cc(-c4ccc5ccccc5c4)cc(-c4ccc5cc(-c6nc7ccccc7c7nc8ccccc8n67)ccc5c4)c3)ccc2c1. The Morgan fingerprint density at radius 3 is 0.910 bits per heavy atom. The number of nitrogens with zero attached hydrogens (tertiary/aromatic N) is 9. The van der Waals surface area contributed by atoms with Crippen LogP contribution in [0.25, 0.3) is 270 Å². The summed E-state index contributed by atoms with van der Waals surface area (Å²) >= 11 is 0. The van der Waals surface area contributed by atoms with Gasteiger partial charge in [0, 0.05) is 32.8 Å². The summed E-state index contributed by atoms with van der Waals surface area (Å²) < 4.78 is 6.61. The highest BCUT2D eigenvalue weighted by Gasteiger charge is 2.23. The largest absolute Gasteiger partial charge is 0.276 e. The number of fused-ring (bicyclic) bond motifs is 22. The van der Waals surface area contributed by atoms with Crippen LogP contribution >= 0.6 is 0 Å². The predicted octanol–water partition coefficient (Wildman–Crippen LogP) is 32.3. The summed E-state index contributed by atoms with van der Waals surface area (Å²) in [5, 5.41) is 25.8. The van der Waals surface area contributed by atoms with Crippen LogP contribution in [0.1, 0.15) is 0 Å². The molecule has 29 aromatic rings. The molecule has 0 unspecified atom stereocenters. The van der Waals surface area contributed by atoms with Crippen LogP contribution in [0.15, 0.2) is 455 Å². The second-order valence-electron chi connectivity index (χ2n) is 34.8. The minimum absolute atomic E-state index is 0.890. The molecule has 0 aliphatic rings. The topological polar surface area (TPSA) is 90.6 Å². The lowest BCUT2D eigenvalue weighted by Crippen LogP contribution is -1.98. The van der Waals surface area contributed by atoms with Crippen LogP contribution in [-0.2, 0) is 0 Å². The van der Waals surface area contributed by atoms with Crippen LogP contribution in [0.3, 0.4) is 0 Å². The molecule has 133 heavy (non-hydrogen) atoms. The first kappa shape index (κ1) is 75.2. The molecule has 0 saturated carbocycles. The summed E-state index contributed by atoms with van der Waals surface area (Å²) in [5.74, 6) is 2.69. The maximum absolute atomic E-state index is 5.21. The first-order valence-corrected chi connectivity index (χ1v) is 45.3. The second kappa shape index (κ2) is 30.4. The van der Waals surface area contributed by atoms with E-state index in [0.29, 0.717) is 0 Å². The molecule has 0 aliphatic carbocycles. The van der Waals surface area contributed by atoms with Crippen molar-refractivity contribution >= 4 is 180 Å². The number of hydrogen-bond acceptors (Lipinski definition) is 6. The van der Waals surface area contributed by atoms with Crippen LogP contribution in [0.4, 0.5) is 0 Å². The molecule has 0 aliphatic heterocycles. The van der Waals surface area contributed by atoms with Crippen molar-refractivity contribution in [2.75, 3.05) is 0 Å². The van der Waals surface area contributed by atoms with Gasteiger partial charge in [0.15, 0.2) is 0 Å². The van der Waals surface area contributed by atoms with Crippen molar-refractivity contribution in [1.29, 1.82) is 0 Å². The van der Waals surface area contributed by atoms with Crippen molar-refractivity contribution in [3.05, 3.63) is 455 Å². The molecule has 9 heteroatoms. The Morgan fingerprint density at radius 1 is 0.135 bits per heavy atom. The third-order valence-electron chi connectivity index (χ3n) is 27.1. The first-order chi connectivity index (χ1) is 65.9. The van der Waals surface area contributed by atoms with Gasteiger partial charge in [-0.2, -0.15) is 0 Å². The van der Waals surface area contributed by atoms with Gasteiger partial charge in [0.2, 0.25) is 0 Å². The van der Waals surface area contributed by atoms with E-state index in [1.807, 2.05) is 36.4 Å². The summed E-state index contributed by atoms with van der Waals surface area (Å²) in [7, 11) is 0. The van der Waals surface area contributed by atoms with E-state index < -0.39 is 0 Å². The van der Waals surface area contributed by atoms with Gasteiger partial charge in [-0.3, -0.25) is 13.2 Å². The molecule has 616 valence electrons. The summed E-state index contributed by atoms with van der Waals surface area (Å²) in [5.41, 5.74) is 27.0. The van der Waals surface area contributed by atoms with E-state index in [0.717, 1.165) is 117 Å². The second-order valence-corrected chi connectivity index (χ2v) is 34.8. The molecule has 0 amide bonds. The fourth-order valence-electron chi connectivity index (χ4n) is 20.7. The molecule has 23 aromatic carbocycles. The van der Waals surface area contributed by atoms with Crippen molar-refractivity contribution in [3.8, 4) is 89.8 Å². The van der Waals surface area contributed by atoms with E-state index in [9.17, 15) is 0 Å². The maximum Gasteiger partial charge on any atom is 0.149 e. The zero-order chi connectivity index (χ0) is 87.3. The van der Waals surface area contributed by atoms with Crippen LogP contribution in [0.2, 0.25) is 0 Å². The van der Waals surface area contributed by atoms with Gasteiger partial charge in [-0.05, 0) is 286 Å². The third kappa shape index (κ3) is 12.6. The molecule has 29 rings (SSSR count). The quantitative estimate of drug-likeness (QED) is 0.141. The fourth-order valence-corrected chi connectivity index (χ4v) is 20.7. The van der Waals surface area contributed by atoms with Gasteiger partial charge >= 0.3 is 0 Å². The number of aromatic nitrogens is 9. The number of benzene rings is 23. The Kier molecular flexibility index (Phi) is 17.2. The average Bonchev–Trinajstić information content (AvgIpc) is 1.73. The molecule has 6 aromatic heterocycles. The van der Waals surface area contributed by atoms with Crippen molar-refractivity contribution < 1.29 is 0 Å². The van der Waals surface area contributed by atoms with Crippen molar-refractivity contribution in [2.24, 2.45) is 0 Å². The highest BCUT2D eigenvalue weighted by molar-refractivity contribution is 6.26. The summed E-state index contributed by atoms with van der Waals surface area (Å²) in [4.78, 5) is 30.5. The number of imidazole rings is 3. The summed E-state index contributed by atoms with van der Waals surface area (Å²) in [6.45, 7) is 0. The maximum atomic E-state index is 5.21. The Balaban J connectivity index is 0.000000103. The van der Waals surface area contributed by atoms with Crippen molar-refractivity contribution in [3.63, 3.8) is 0 Å². The lowest BCUT2D eigenvalue weighted by molar-refractivity contribution is 1.16. The smallest absolute Gasteiger partial charge is 0.149 e. The molecular formula is C124H75N9. The van der Waals surface area contributed by atoms with Crippen LogP contribution in [0.5, 0.6) is 0 Å². The van der Waals surface area contributed by atoms with E-state index in [-0.39, 0.29) is 0 Å². The van der Waals surface area contributed by atoms with Gasteiger partial charge in [-0.1, -0.05) is 322 Å². The fraction of sp³-hybridized carbons (Fsp3) is 0. The molecule has 0 spiro atoms. The van der Waals surface area contributed by atoms with Crippen LogP contribution < -0.4 is 0 Å². The normalized spacial score (nSPS) is 11.9. The minimum Gasteiger partial charge on any atom is -0.276 e. The molecule has 0 bridgehead atoms. The summed E-state index contributed by atoms with van der Waals surface area (Å²) in [6, 6.07) is 163. The highest BCUT2D eigenvalue weighted by atomic mass is 15.1. The molecule has 9 nitrogen and oxygen atoms in total. The zero-order valence-electron chi connectivity index (χ0n) is 71.8. The molecule has 0 saturated heterocycles. The predicted molar refractivity (Wildman–Crippen MR) is 556 cm³/mol. The molecule has 0 radical (unpaired) electrons. The van der Waals surface area contributed by atoms with Crippen LogP contribution in [-0.4, -0.2) is 43.1 Å². The molecule has 0 fully saturated rings. The van der Waals surface area contributed by atoms with Gasteiger partial charge < -0.3 is 0 Å². The minimum atomic E-state index is 0.890. The van der Waals surface area contributed by atoms with Gasteiger partial charge in [0.05, 0.1) is 49.7 Å². The Labute approximate surface area is 762 Å². The molecule has 6 heterocycles. The standard InChI is InChI=1S/C50H31N3.C38H23N3.C36H21N3/c1-3-11-34-25-38(19-17-32(34)9-1)42-29-43(39-20-18-33-10-2-4-12-35(33)26-39)31-44(30-42)40-22-21-37-28-41(24-23-36(37)27-40)49-51-46-14-6-5-13-45(46)50-52-47-15-7-8-16-48(47)53(49)50;1-2-10-29-26(9-1)23-33(31-12-4-3-11-30(29)31)27-19-17-25-22-28(20-18-24(25)21-27)37-39-34-14-6-5-13-32(34)38-40-35-15-7-8-16-36(35)41(37)38;1-2-9-30-29(8-1)36-38-31-10-3-4-11-32(31)39(36)35(37-30)26-16-12-22(13-17-26)27-20-18-25-15-14-23-6-5-7-24-19-21-28(27)34(25)33(23)24/h1-31H;1-23H;1-21H. The Hall–Kier alpha value is -17.9. The number of rotatable bonds is 8. The number of para-hydroxylation sites is 9. The lowest BCUT2D eigenvalue weighted by atomic mass is 9.90. The lowest BCUT2D eigenvalue weighted by Gasteiger charge is -2.14. The van der Waals surface area contributed by atoms with E-state index in [1.165, 1.54) is 153 Å². The van der Waals surface area contributed by atoms with Gasteiger partial charge in [-0.15, -0.1) is 0 Å². The van der Waals surface area contributed by atoms with Crippen LogP contribution in [0, 0.1) is 0 Å². The van der Waals surface area contributed by atoms with Crippen molar-refractivity contribution in [1.82, 2.24) is 43.1 Å². The highest BCUT2D eigenvalue weighted by Crippen LogP contribution is 2.45. The average molecular weight is 1690 g/mol. The summed E-state index contributed by atoms with van der Waals surface area (Å²) in [6.07, 6.45) is 0. The molecular weight excluding hydrogens is 1620 g/mol. The van der Waals surface area contributed by atoms with Crippen molar-refractivity contribution in [2.45, 2.75) is 0 Å². The van der Waals surface area contributed by atoms with E-state index in [2.05, 4.69) is 432 Å². The monoisotopic (exact) mass is 1690 g/mol. The van der Waals surface area contributed by atoms with E-state index >= 15 is 0 Å². The van der Waals surface area contributed by atoms with E-state index in [4.69, 9.17) is 29.9 Å². The third-order valence-corrected chi connectivity index (χ3v) is 27.1.